The van der Waals surface area contributed by atoms with Crippen LogP contribution < -0.4 is 11.1 Å². The van der Waals surface area contributed by atoms with Crippen LogP contribution in [0.5, 0.6) is 5.75 Å². The maximum absolute atomic E-state index is 14.1. The molecule has 3 unspecified atom stereocenters. The lowest BCUT2D eigenvalue weighted by Gasteiger charge is -2.50. The predicted molar refractivity (Wildman–Crippen MR) is 164 cm³/mol. The Bertz CT molecular complexity index is 1790. The van der Waals surface area contributed by atoms with Crippen LogP contribution in [0, 0.1) is 24.7 Å². The topological polar surface area (TPSA) is 186 Å². The van der Waals surface area contributed by atoms with Crippen molar-refractivity contribution in [2.24, 2.45) is 23.5 Å². The molecule has 0 saturated carbocycles. The lowest BCUT2D eigenvalue weighted by Crippen LogP contribution is -2.59. The van der Waals surface area contributed by atoms with Crippen molar-refractivity contribution in [2.45, 2.75) is 31.9 Å². The number of benzene rings is 2. The number of aryl methyl sites for hydroxylation is 1. The standard InChI is InChI=1S/C32H32N4O7S/c1-12-15-10-11-16(34-32-35-23(13(2)44-32)14-8-6-5-7-9-14)25(37)18(15)27(39)20-17(12)26(38)19-21(28(20)40)29(41)22(31(33)43)30(42)24(19)36(3)4/h5-12,17,19,21,24,26,37-38,40,42H,1-4H3,(H2,33,43)(H,34,35)/t12-,17?,19?,21?,24-,26-/m0/s1. The Morgan fingerprint density at radius 1 is 1.05 bits per heavy atom. The minimum Gasteiger partial charge on any atom is -0.511 e. The van der Waals surface area contributed by atoms with Crippen molar-refractivity contribution in [1.29, 1.82) is 0 Å². The number of nitrogens with two attached hydrogens (primary N) is 1. The van der Waals surface area contributed by atoms with Crippen LogP contribution in [0.2, 0.25) is 0 Å². The third-order valence-corrected chi connectivity index (χ3v) is 9.97. The number of ketones is 2. The molecule has 6 rings (SSSR count). The molecule has 0 fully saturated rings. The first kappa shape index (κ1) is 29.5. The molecule has 0 spiro atoms. The number of nitrogens with one attached hydrogen (secondary N) is 1. The molecule has 0 radical (unpaired) electrons. The molecule has 0 saturated heterocycles. The van der Waals surface area contributed by atoms with Crippen LogP contribution in [-0.2, 0) is 9.59 Å². The highest BCUT2D eigenvalue weighted by Crippen LogP contribution is 2.54. The van der Waals surface area contributed by atoms with Gasteiger partial charge in [0.05, 0.1) is 35.0 Å². The summed E-state index contributed by atoms with van der Waals surface area (Å²) in [6.45, 7) is 3.70. The van der Waals surface area contributed by atoms with E-state index in [0.29, 0.717) is 10.7 Å². The van der Waals surface area contributed by atoms with Gasteiger partial charge in [-0.3, -0.25) is 19.3 Å². The van der Waals surface area contributed by atoms with E-state index in [9.17, 15) is 34.8 Å². The van der Waals surface area contributed by atoms with Gasteiger partial charge in [0.15, 0.2) is 22.4 Å². The van der Waals surface area contributed by atoms with Crippen LogP contribution in [0.3, 0.4) is 0 Å². The van der Waals surface area contributed by atoms with Gasteiger partial charge in [0.2, 0.25) is 0 Å². The summed E-state index contributed by atoms with van der Waals surface area (Å²) >= 11 is 1.38. The number of aromatic nitrogens is 1. The highest BCUT2D eigenvalue weighted by atomic mass is 32.1. The lowest BCUT2D eigenvalue weighted by molar-refractivity contribution is -0.131. The number of nitrogens with zero attached hydrogens (tertiary/aromatic N) is 2. The average molecular weight is 617 g/mol. The molecule has 0 aliphatic heterocycles. The fourth-order valence-electron chi connectivity index (χ4n) is 7.14. The van der Waals surface area contributed by atoms with Gasteiger partial charge in [-0.05, 0) is 38.6 Å². The smallest absolute Gasteiger partial charge is 0.255 e. The number of rotatable bonds is 5. The highest BCUT2D eigenvalue weighted by Gasteiger charge is 2.59. The number of aliphatic hydroxyl groups excluding tert-OH is 3. The van der Waals surface area contributed by atoms with Gasteiger partial charge in [0, 0.05) is 27.8 Å². The average Bonchev–Trinajstić information content (AvgIpc) is 3.34. The van der Waals surface area contributed by atoms with E-state index in [-0.39, 0.29) is 22.6 Å². The molecule has 6 atom stereocenters. The van der Waals surface area contributed by atoms with Gasteiger partial charge in [0.25, 0.3) is 5.91 Å². The molecule has 228 valence electrons. The number of phenols is 1. The second-order valence-electron chi connectivity index (χ2n) is 11.7. The number of allylic oxidation sites excluding steroid dienone is 1. The second-order valence-corrected chi connectivity index (χ2v) is 12.9. The maximum atomic E-state index is 14.1. The number of hydrogen-bond donors (Lipinski definition) is 6. The van der Waals surface area contributed by atoms with E-state index in [1.54, 1.807) is 33.2 Å². The van der Waals surface area contributed by atoms with Crippen molar-refractivity contribution in [2.75, 3.05) is 19.4 Å². The number of primary amides is 1. The minimum atomic E-state index is -1.50. The summed E-state index contributed by atoms with van der Waals surface area (Å²) in [6.07, 6.45) is -1.37. The number of hydrogen-bond acceptors (Lipinski definition) is 11. The number of aliphatic hydroxyl groups is 3. The van der Waals surface area contributed by atoms with Crippen LogP contribution in [0.1, 0.15) is 33.6 Å². The van der Waals surface area contributed by atoms with Gasteiger partial charge < -0.3 is 31.5 Å². The van der Waals surface area contributed by atoms with Crippen LogP contribution >= 0.6 is 11.3 Å². The van der Waals surface area contributed by atoms with E-state index in [1.807, 2.05) is 37.3 Å². The number of amides is 1. The Morgan fingerprint density at radius 3 is 2.36 bits per heavy atom. The number of carbonyl (C=O) groups excluding carboxylic acids is 3. The van der Waals surface area contributed by atoms with Crippen molar-refractivity contribution in [3.05, 3.63) is 81.1 Å². The van der Waals surface area contributed by atoms with Crippen LogP contribution in [0.4, 0.5) is 10.8 Å². The van der Waals surface area contributed by atoms with E-state index in [0.717, 1.165) is 16.1 Å². The van der Waals surface area contributed by atoms with Gasteiger partial charge in [-0.2, -0.15) is 0 Å². The SMILES string of the molecule is Cc1sc(Nc2ccc3c(c2O)C(=O)C2=C(O)C4C(=O)C(C(N)=O)=C(O)[C@@H](N(C)C)C4[C@@H](O)C2[C@H]3C)nc1-c1ccccc1. The molecule has 3 aliphatic carbocycles. The van der Waals surface area contributed by atoms with E-state index < -0.39 is 70.4 Å². The van der Waals surface area contributed by atoms with Gasteiger partial charge in [-0.15, -0.1) is 11.3 Å². The molecular formula is C32H32N4O7S. The molecule has 3 aromatic rings. The van der Waals surface area contributed by atoms with E-state index >= 15 is 0 Å². The van der Waals surface area contributed by atoms with Crippen molar-refractivity contribution in [3.8, 4) is 17.0 Å². The van der Waals surface area contributed by atoms with Gasteiger partial charge >= 0.3 is 0 Å². The van der Waals surface area contributed by atoms with Crippen LogP contribution in [-0.4, -0.2) is 74.0 Å². The molecule has 44 heavy (non-hydrogen) atoms. The molecule has 12 heteroatoms. The second kappa shape index (κ2) is 10.6. The Balaban J connectivity index is 1.44. The molecule has 1 amide bonds. The quantitative estimate of drug-likeness (QED) is 0.182. The molecule has 2 aromatic carbocycles. The fourth-order valence-corrected chi connectivity index (χ4v) is 7.99. The molecule has 7 N–H and O–H groups in total. The molecule has 0 bridgehead atoms. The summed E-state index contributed by atoms with van der Waals surface area (Å²) in [5.74, 6) is -8.55. The number of phenolic OH excluding ortho intramolecular Hbond substituents is 1. The number of Topliss-reactive ketones (excluding diaryl/α,β-unsaturated/α-hetero) is 2. The minimum absolute atomic E-state index is 0.0663. The molecular weight excluding hydrogens is 584 g/mol. The molecule has 11 nitrogen and oxygen atoms in total. The maximum Gasteiger partial charge on any atom is 0.255 e. The zero-order valence-corrected chi connectivity index (χ0v) is 25.2. The summed E-state index contributed by atoms with van der Waals surface area (Å²) in [7, 11) is 3.19. The Kier molecular flexibility index (Phi) is 7.10. The number of anilines is 2. The monoisotopic (exact) mass is 616 g/mol. The predicted octanol–water partition coefficient (Wildman–Crippen LogP) is 3.71. The molecule has 1 heterocycles. The first-order valence-corrected chi connectivity index (χ1v) is 14.9. The number of fused-ring (bicyclic) bond motifs is 3. The largest absolute Gasteiger partial charge is 0.511 e. The van der Waals surface area contributed by atoms with Crippen molar-refractivity contribution in [3.63, 3.8) is 0 Å². The summed E-state index contributed by atoms with van der Waals surface area (Å²) < 4.78 is 0. The Labute approximate surface area is 257 Å². The summed E-state index contributed by atoms with van der Waals surface area (Å²) in [6, 6.07) is 11.9. The summed E-state index contributed by atoms with van der Waals surface area (Å²) in [4.78, 5) is 46.9. The number of likely N-dealkylation sites (N-methyl/N-ethyl adjacent to an activating group) is 1. The zero-order valence-electron chi connectivity index (χ0n) is 24.4. The van der Waals surface area contributed by atoms with Crippen LogP contribution in [0.15, 0.2) is 65.1 Å². The first-order valence-electron chi connectivity index (χ1n) is 14.1. The fraction of sp³-hybridized carbons (Fsp3) is 0.312. The third-order valence-electron chi connectivity index (χ3n) is 9.08. The van der Waals surface area contributed by atoms with Gasteiger partial charge in [0.1, 0.15) is 17.1 Å². The van der Waals surface area contributed by atoms with E-state index in [2.05, 4.69) is 10.3 Å². The number of thiazole rings is 1. The van der Waals surface area contributed by atoms with Gasteiger partial charge in [-0.25, -0.2) is 4.98 Å². The third kappa shape index (κ3) is 4.24. The summed E-state index contributed by atoms with van der Waals surface area (Å²) in [5, 5.41) is 49.3. The molecule has 3 aliphatic rings. The highest BCUT2D eigenvalue weighted by molar-refractivity contribution is 7.16. The Morgan fingerprint density at radius 2 is 1.73 bits per heavy atom. The normalized spacial score (nSPS) is 26.4. The number of carbonyl (C=O) groups is 3. The molecule has 1 aromatic heterocycles. The van der Waals surface area contributed by atoms with E-state index in [4.69, 9.17) is 5.73 Å². The van der Waals surface area contributed by atoms with Crippen LogP contribution in [0.25, 0.3) is 11.3 Å². The van der Waals surface area contributed by atoms with Crippen molar-refractivity contribution < 1.29 is 34.8 Å². The summed E-state index contributed by atoms with van der Waals surface area (Å²) in [5.41, 5.74) is 6.88. The van der Waals surface area contributed by atoms with Gasteiger partial charge in [-0.1, -0.05) is 43.3 Å². The first-order chi connectivity index (χ1) is 20.8. The zero-order chi connectivity index (χ0) is 31.8. The number of aromatic hydroxyl groups is 1. The van der Waals surface area contributed by atoms with Crippen molar-refractivity contribution in [1.82, 2.24) is 9.88 Å². The Hall–Kier alpha value is -4.52. The van der Waals surface area contributed by atoms with E-state index in [1.165, 1.54) is 16.2 Å². The lowest BCUT2D eigenvalue weighted by atomic mass is 9.57. The van der Waals surface area contributed by atoms with Crippen molar-refractivity contribution >= 4 is 39.6 Å².